The zero-order chi connectivity index (χ0) is 15.8. The Morgan fingerprint density at radius 2 is 2.09 bits per heavy atom. The molecular weight excluding hydrogens is 316 g/mol. The van der Waals surface area contributed by atoms with Crippen molar-refractivity contribution >= 4 is 29.3 Å². The Kier molecular flexibility index (Phi) is 7.56. The summed E-state index contributed by atoms with van der Waals surface area (Å²) in [5.41, 5.74) is 0. The van der Waals surface area contributed by atoms with Crippen molar-refractivity contribution in [3.63, 3.8) is 0 Å². The Labute approximate surface area is 142 Å². The lowest BCUT2D eigenvalue weighted by Crippen LogP contribution is -2.40. The SMILES string of the molecule is CCNCC1CCN(C(=O)CCSc2ccccc2Cl)CC1. The van der Waals surface area contributed by atoms with Gasteiger partial charge in [0, 0.05) is 30.2 Å². The Morgan fingerprint density at radius 3 is 2.77 bits per heavy atom. The summed E-state index contributed by atoms with van der Waals surface area (Å²) >= 11 is 7.79. The first kappa shape index (κ1) is 17.6. The average molecular weight is 341 g/mol. The van der Waals surface area contributed by atoms with E-state index in [4.69, 9.17) is 11.6 Å². The molecule has 1 aromatic rings. The number of nitrogens with zero attached hydrogens (tertiary/aromatic N) is 1. The zero-order valence-electron chi connectivity index (χ0n) is 13.2. The first-order chi connectivity index (χ1) is 10.7. The minimum absolute atomic E-state index is 0.279. The van der Waals surface area contributed by atoms with Crippen LogP contribution in [0.2, 0.25) is 5.02 Å². The number of hydrogen-bond acceptors (Lipinski definition) is 3. The number of carbonyl (C=O) groups is 1. The number of piperidine rings is 1. The number of thioether (sulfide) groups is 1. The molecular formula is C17H25ClN2OS. The lowest BCUT2D eigenvalue weighted by Gasteiger charge is -2.32. The largest absolute Gasteiger partial charge is 0.343 e. The molecule has 1 heterocycles. The highest BCUT2D eigenvalue weighted by Gasteiger charge is 2.22. The first-order valence-corrected chi connectivity index (χ1v) is 9.43. The van der Waals surface area contributed by atoms with E-state index in [0.29, 0.717) is 6.42 Å². The van der Waals surface area contributed by atoms with Gasteiger partial charge in [0.1, 0.15) is 0 Å². The fourth-order valence-electron chi connectivity index (χ4n) is 2.70. The van der Waals surface area contributed by atoms with Gasteiger partial charge in [0.2, 0.25) is 5.91 Å². The Morgan fingerprint density at radius 1 is 1.36 bits per heavy atom. The van der Waals surface area contributed by atoms with Gasteiger partial charge in [-0.1, -0.05) is 30.7 Å². The van der Waals surface area contributed by atoms with Crippen molar-refractivity contribution in [2.24, 2.45) is 5.92 Å². The topological polar surface area (TPSA) is 32.3 Å². The Balaban J connectivity index is 1.67. The van der Waals surface area contributed by atoms with Crippen molar-refractivity contribution in [3.05, 3.63) is 29.3 Å². The van der Waals surface area contributed by atoms with E-state index in [9.17, 15) is 4.79 Å². The molecule has 0 radical (unpaired) electrons. The summed E-state index contributed by atoms with van der Waals surface area (Å²) in [6.45, 7) is 6.06. The van der Waals surface area contributed by atoms with Gasteiger partial charge in [0.25, 0.3) is 0 Å². The molecule has 1 aliphatic rings. The van der Waals surface area contributed by atoms with Crippen molar-refractivity contribution in [2.45, 2.75) is 31.1 Å². The molecule has 1 fully saturated rings. The van der Waals surface area contributed by atoms with E-state index < -0.39 is 0 Å². The molecule has 5 heteroatoms. The van der Waals surface area contributed by atoms with Gasteiger partial charge in [-0.3, -0.25) is 4.79 Å². The van der Waals surface area contributed by atoms with Crippen LogP contribution in [0, 0.1) is 5.92 Å². The van der Waals surface area contributed by atoms with E-state index in [1.165, 1.54) is 0 Å². The van der Waals surface area contributed by atoms with Crippen LogP contribution in [0.4, 0.5) is 0 Å². The predicted octanol–water partition coefficient (Wildman–Crippen LogP) is 3.67. The van der Waals surface area contributed by atoms with E-state index in [1.54, 1.807) is 11.8 Å². The van der Waals surface area contributed by atoms with E-state index in [1.807, 2.05) is 29.2 Å². The second kappa shape index (κ2) is 9.43. The van der Waals surface area contributed by atoms with Gasteiger partial charge in [-0.15, -0.1) is 11.8 Å². The molecule has 0 atom stereocenters. The summed E-state index contributed by atoms with van der Waals surface area (Å²) in [5.74, 6) is 1.79. The maximum atomic E-state index is 12.3. The predicted molar refractivity (Wildman–Crippen MR) is 94.6 cm³/mol. The molecule has 0 bridgehead atoms. The molecule has 1 N–H and O–H groups in total. The molecule has 0 spiro atoms. The fourth-order valence-corrected chi connectivity index (χ4v) is 3.88. The van der Waals surface area contributed by atoms with Crippen molar-refractivity contribution in [3.8, 4) is 0 Å². The quantitative estimate of drug-likeness (QED) is 0.769. The summed E-state index contributed by atoms with van der Waals surface area (Å²) < 4.78 is 0. The number of carbonyl (C=O) groups excluding carboxylic acids is 1. The van der Waals surface area contributed by atoms with Crippen LogP contribution < -0.4 is 5.32 Å². The van der Waals surface area contributed by atoms with Gasteiger partial charge in [0.05, 0.1) is 5.02 Å². The molecule has 0 aromatic heterocycles. The van der Waals surface area contributed by atoms with Gasteiger partial charge in [-0.25, -0.2) is 0 Å². The molecule has 1 saturated heterocycles. The number of halogens is 1. The fraction of sp³-hybridized carbons (Fsp3) is 0.588. The second-order valence-electron chi connectivity index (χ2n) is 5.66. The van der Waals surface area contributed by atoms with Crippen LogP contribution in [0.15, 0.2) is 29.2 Å². The highest BCUT2D eigenvalue weighted by molar-refractivity contribution is 7.99. The van der Waals surface area contributed by atoms with Crippen molar-refractivity contribution in [1.82, 2.24) is 10.2 Å². The minimum Gasteiger partial charge on any atom is -0.343 e. The first-order valence-electron chi connectivity index (χ1n) is 8.06. The highest BCUT2D eigenvalue weighted by atomic mass is 35.5. The van der Waals surface area contributed by atoms with Crippen LogP contribution >= 0.6 is 23.4 Å². The monoisotopic (exact) mass is 340 g/mol. The van der Waals surface area contributed by atoms with Crippen LogP contribution in [0.5, 0.6) is 0 Å². The lowest BCUT2D eigenvalue weighted by molar-refractivity contribution is -0.132. The maximum Gasteiger partial charge on any atom is 0.223 e. The third kappa shape index (κ3) is 5.49. The number of likely N-dealkylation sites (tertiary alicyclic amines) is 1. The third-order valence-corrected chi connectivity index (χ3v) is 5.58. The summed E-state index contributed by atoms with van der Waals surface area (Å²) in [7, 11) is 0. The van der Waals surface area contributed by atoms with Crippen LogP contribution in [-0.2, 0) is 4.79 Å². The number of amides is 1. The third-order valence-electron chi connectivity index (χ3n) is 4.06. The van der Waals surface area contributed by atoms with Gasteiger partial charge in [-0.05, 0) is 44.0 Å². The smallest absolute Gasteiger partial charge is 0.223 e. The Hall–Kier alpha value is -0.710. The van der Waals surface area contributed by atoms with Crippen molar-refractivity contribution in [2.75, 3.05) is 31.9 Å². The summed E-state index contributed by atoms with van der Waals surface area (Å²) in [5, 5.41) is 4.17. The number of nitrogens with one attached hydrogen (secondary N) is 1. The lowest BCUT2D eigenvalue weighted by atomic mass is 9.96. The van der Waals surface area contributed by atoms with E-state index in [-0.39, 0.29) is 5.91 Å². The van der Waals surface area contributed by atoms with E-state index in [0.717, 1.165) is 60.6 Å². The van der Waals surface area contributed by atoms with Crippen LogP contribution in [-0.4, -0.2) is 42.7 Å². The van der Waals surface area contributed by atoms with Crippen molar-refractivity contribution in [1.29, 1.82) is 0 Å². The van der Waals surface area contributed by atoms with E-state index in [2.05, 4.69) is 12.2 Å². The number of hydrogen-bond donors (Lipinski definition) is 1. The maximum absolute atomic E-state index is 12.3. The van der Waals surface area contributed by atoms with Crippen LogP contribution in [0.25, 0.3) is 0 Å². The average Bonchev–Trinajstić information content (AvgIpc) is 2.55. The molecule has 0 saturated carbocycles. The summed E-state index contributed by atoms with van der Waals surface area (Å²) in [4.78, 5) is 15.3. The second-order valence-corrected chi connectivity index (χ2v) is 7.20. The molecule has 1 amide bonds. The molecule has 1 aliphatic heterocycles. The molecule has 122 valence electrons. The van der Waals surface area contributed by atoms with Gasteiger partial charge < -0.3 is 10.2 Å². The standard InChI is InChI=1S/C17H25ClN2OS/c1-2-19-13-14-7-10-20(11-8-14)17(21)9-12-22-16-6-4-3-5-15(16)18/h3-6,14,19H,2,7-13H2,1H3. The Bertz CT molecular complexity index is 475. The van der Waals surface area contributed by atoms with Gasteiger partial charge in [0.15, 0.2) is 0 Å². The van der Waals surface area contributed by atoms with Crippen LogP contribution in [0.3, 0.4) is 0 Å². The van der Waals surface area contributed by atoms with E-state index >= 15 is 0 Å². The molecule has 3 nitrogen and oxygen atoms in total. The molecule has 0 aliphatic carbocycles. The van der Waals surface area contributed by atoms with Crippen LogP contribution in [0.1, 0.15) is 26.2 Å². The zero-order valence-corrected chi connectivity index (χ0v) is 14.8. The minimum atomic E-state index is 0.279. The molecule has 2 rings (SSSR count). The molecule has 0 unspecified atom stereocenters. The summed E-state index contributed by atoms with van der Waals surface area (Å²) in [6, 6.07) is 7.80. The number of benzene rings is 1. The number of rotatable bonds is 7. The van der Waals surface area contributed by atoms with Crippen molar-refractivity contribution < 1.29 is 4.79 Å². The molecule has 22 heavy (non-hydrogen) atoms. The summed E-state index contributed by atoms with van der Waals surface area (Å²) in [6.07, 6.45) is 2.83. The highest BCUT2D eigenvalue weighted by Crippen LogP contribution is 2.27. The van der Waals surface area contributed by atoms with Gasteiger partial charge >= 0.3 is 0 Å². The molecule has 1 aromatic carbocycles. The van der Waals surface area contributed by atoms with Gasteiger partial charge in [-0.2, -0.15) is 0 Å². The normalized spacial score (nSPS) is 16.0.